The fourth-order valence-corrected chi connectivity index (χ4v) is 1.87. The first-order chi connectivity index (χ1) is 8.61. The smallest absolute Gasteiger partial charge is 0.125 e. The maximum atomic E-state index is 13.2. The molecule has 0 bridgehead atoms. The second-order valence-electron chi connectivity index (χ2n) is 4.20. The average Bonchev–Trinajstić information content (AvgIpc) is 2.38. The van der Waals surface area contributed by atoms with Crippen LogP contribution in [0.2, 0.25) is 0 Å². The molecule has 0 atom stereocenters. The van der Waals surface area contributed by atoms with Crippen molar-refractivity contribution in [1.29, 1.82) is 0 Å². The van der Waals surface area contributed by atoms with Gasteiger partial charge in [-0.1, -0.05) is 6.07 Å². The number of benzene rings is 1. The summed E-state index contributed by atoms with van der Waals surface area (Å²) in [5.74, 6) is -0.251. The van der Waals surface area contributed by atoms with E-state index in [9.17, 15) is 4.39 Å². The van der Waals surface area contributed by atoms with Gasteiger partial charge in [-0.15, -0.1) is 0 Å². The minimum Gasteiger partial charge on any atom is -0.344 e. The van der Waals surface area contributed by atoms with E-state index in [2.05, 4.69) is 4.98 Å². The predicted octanol–water partition coefficient (Wildman–Crippen LogP) is 2.76. The van der Waals surface area contributed by atoms with Gasteiger partial charge >= 0.3 is 0 Å². The Labute approximate surface area is 106 Å². The molecule has 0 saturated carbocycles. The van der Waals surface area contributed by atoms with Crippen molar-refractivity contribution in [2.24, 2.45) is 5.73 Å². The van der Waals surface area contributed by atoms with Gasteiger partial charge in [0.2, 0.25) is 0 Å². The standard InChI is InChI=1S/C14H16FN3/c1-10-6-14(11(8-16)9-17-10)18(2)13-5-3-4-12(15)7-13/h3-7,9H,8,16H2,1-2H3. The highest BCUT2D eigenvalue weighted by Crippen LogP contribution is 2.27. The molecule has 0 aliphatic rings. The van der Waals surface area contributed by atoms with Crippen molar-refractivity contribution in [3.63, 3.8) is 0 Å². The summed E-state index contributed by atoms with van der Waals surface area (Å²) in [7, 11) is 1.89. The van der Waals surface area contributed by atoms with Crippen LogP contribution in [-0.4, -0.2) is 12.0 Å². The van der Waals surface area contributed by atoms with Crippen molar-refractivity contribution in [3.05, 3.63) is 53.6 Å². The van der Waals surface area contributed by atoms with E-state index in [1.54, 1.807) is 12.3 Å². The lowest BCUT2D eigenvalue weighted by molar-refractivity contribution is 0.628. The summed E-state index contributed by atoms with van der Waals surface area (Å²) in [5, 5.41) is 0. The highest BCUT2D eigenvalue weighted by molar-refractivity contribution is 5.65. The molecule has 18 heavy (non-hydrogen) atoms. The van der Waals surface area contributed by atoms with Crippen LogP contribution in [0.5, 0.6) is 0 Å². The number of nitrogens with two attached hydrogens (primary N) is 1. The van der Waals surface area contributed by atoms with Crippen LogP contribution in [0.3, 0.4) is 0 Å². The van der Waals surface area contributed by atoms with Crippen LogP contribution in [0.15, 0.2) is 36.5 Å². The van der Waals surface area contributed by atoms with Gasteiger partial charge in [0.1, 0.15) is 5.82 Å². The first-order valence-corrected chi connectivity index (χ1v) is 5.76. The molecule has 0 aliphatic carbocycles. The highest BCUT2D eigenvalue weighted by atomic mass is 19.1. The molecule has 3 nitrogen and oxygen atoms in total. The van der Waals surface area contributed by atoms with Crippen LogP contribution in [0, 0.1) is 12.7 Å². The van der Waals surface area contributed by atoms with E-state index < -0.39 is 0 Å². The normalized spacial score (nSPS) is 10.4. The van der Waals surface area contributed by atoms with Crippen molar-refractivity contribution in [1.82, 2.24) is 4.98 Å². The van der Waals surface area contributed by atoms with Crippen LogP contribution >= 0.6 is 0 Å². The summed E-state index contributed by atoms with van der Waals surface area (Å²) in [4.78, 5) is 6.14. The minimum absolute atomic E-state index is 0.251. The highest BCUT2D eigenvalue weighted by Gasteiger charge is 2.10. The molecule has 1 heterocycles. The van der Waals surface area contributed by atoms with Gasteiger partial charge < -0.3 is 10.6 Å². The SMILES string of the molecule is Cc1cc(N(C)c2cccc(F)c2)c(CN)cn1. The van der Waals surface area contributed by atoms with Gasteiger partial charge in [0.25, 0.3) is 0 Å². The molecule has 0 spiro atoms. The number of hydrogen-bond acceptors (Lipinski definition) is 3. The average molecular weight is 245 g/mol. The van der Waals surface area contributed by atoms with Crippen LogP contribution in [-0.2, 0) is 6.54 Å². The zero-order chi connectivity index (χ0) is 13.1. The fourth-order valence-electron chi connectivity index (χ4n) is 1.87. The Bertz CT molecular complexity index is 554. The number of hydrogen-bond donors (Lipinski definition) is 1. The Morgan fingerprint density at radius 2 is 2.11 bits per heavy atom. The second kappa shape index (κ2) is 5.14. The number of halogens is 1. The summed E-state index contributed by atoms with van der Waals surface area (Å²) in [6.45, 7) is 2.32. The van der Waals surface area contributed by atoms with Crippen molar-refractivity contribution in [3.8, 4) is 0 Å². The molecule has 0 amide bonds. The number of pyridine rings is 1. The van der Waals surface area contributed by atoms with E-state index in [0.717, 1.165) is 22.6 Å². The van der Waals surface area contributed by atoms with E-state index in [1.807, 2.05) is 31.0 Å². The third-order valence-corrected chi connectivity index (χ3v) is 2.88. The largest absolute Gasteiger partial charge is 0.344 e. The third kappa shape index (κ3) is 2.49. The molecule has 0 unspecified atom stereocenters. The number of nitrogens with zero attached hydrogens (tertiary/aromatic N) is 2. The molecular weight excluding hydrogens is 229 g/mol. The molecular formula is C14H16FN3. The van der Waals surface area contributed by atoms with E-state index in [0.29, 0.717) is 6.54 Å². The Morgan fingerprint density at radius 1 is 1.33 bits per heavy atom. The molecule has 2 rings (SSSR count). The van der Waals surface area contributed by atoms with Crippen molar-refractivity contribution < 1.29 is 4.39 Å². The maximum absolute atomic E-state index is 13.2. The van der Waals surface area contributed by atoms with Gasteiger partial charge in [-0.05, 0) is 31.2 Å². The Morgan fingerprint density at radius 3 is 2.78 bits per heavy atom. The summed E-state index contributed by atoms with van der Waals surface area (Å²) in [5.41, 5.74) is 9.29. The van der Waals surface area contributed by atoms with Crippen molar-refractivity contribution >= 4 is 11.4 Å². The second-order valence-corrected chi connectivity index (χ2v) is 4.20. The lowest BCUT2D eigenvalue weighted by atomic mass is 10.1. The Balaban J connectivity index is 2.44. The lowest BCUT2D eigenvalue weighted by Gasteiger charge is -2.22. The van der Waals surface area contributed by atoms with E-state index >= 15 is 0 Å². The maximum Gasteiger partial charge on any atom is 0.125 e. The summed E-state index contributed by atoms with van der Waals surface area (Å²) < 4.78 is 13.2. The number of anilines is 2. The van der Waals surface area contributed by atoms with Gasteiger partial charge in [-0.25, -0.2) is 4.39 Å². The van der Waals surface area contributed by atoms with Gasteiger partial charge in [0, 0.05) is 42.4 Å². The van der Waals surface area contributed by atoms with E-state index in [4.69, 9.17) is 5.73 Å². The van der Waals surface area contributed by atoms with Crippen molar-refractivity contribution in [2.75, 3.05) is 11.9 Å². The van der Waals surface area contributed by atoms with E-state index in [1.165, 1.54) is 12.1 Å². The minimum atomic E-state index is -0.251. The third-order valence-electron chi connectivity index (χ3n) is 2.88. The molecule has 2 N–H and O–H groups in total. The number of rotatable bonds is 3. The zero-order valence-electron chi connectivity index (χ0n) is 10.5. The zero-order valence-corrected chi connectivity index (χ0v) is 10.5. The van der Waals surface area contributed by atoms with E-state index in [-0.39, 0.29) is 5.82 Å². The molecule has 0 aliphatic heterocycles. The molecule has 0 saturated heterocycles. The van der Waals surface area contributed by atoms with Gasteiger partial charge in [-0.2, -0.15) is 0 Å². The van der Waals surface area contributed by atoms with Gasteiger partial charge in [0.05, 0.1) is 0 Å². The molecule has 1 aromatic carbocycles. The molecule has 2 aromatic rings. The first kappa shape index (κ1) is 12.5. The monoisotopic (exact) mass is 245 g/mol. The summed E-state index contributed by atoms with van der Waals surface area (Å²) >= 11 is 0. The van der Waals surface area contributed by atoms with Crippen LogP contribution < -0.4 is 10.6 Å². The quantitative estimate of drug-likeness (QED) is 0.904. The Hall–Kier alpha value is -1.94. The lowest BCUT2D eigenvalue weighted by Crippen LogP contribution is -2.14. The summed E-state index contributed by atoms with van der Waals surface area (Å²) in [6.07, 6.45) is 1.76. The molecule has 94 valence electrons. The predicted molar refractivity (Wildman–Crippen MR) is 71.3 cm³/mol. The summed E-state index contributed by atoms with van der Waals surface area (Å²) in [6, 6.07) is 8.43. The Kier molecular flexibility index (Phi) is 3.58. The number of aryl methyl sites for hydroxylation is 1. The van der Waals surface area contributed by atoms with Gasteiger partial charge in [-0.3, -0.25) is 4.98 Å². The molecule has 1 aromatic heterocycles. The van der Waals surface area contributed by atoms with Crippen LogP contribution in [0.1, 0.15) is 11.3 Å². The number of aromatic nitrogens is 1. The first-order valence-electron chi connectivity index (χ1n) is 5.76. The van der Waals surface area contributed by atoms with Gasteiger partial charge in [0.15, 0.2) is 0 Å². The van der Waals surface area contributed by atoms with Crippen molar-refractivity contribution in [2.45, 2.75) is 13.5 Å². The fraction of sp³-hybridized carbons (Fsp3) is 0.214. The topological polar surface area (TPSA) is 42.1 Å². The van der Waals surface area contributed by atoms with Crippen LogP contribution in [0.25, 0.3) is 0 Å². The van der Waals surface area contributed by atoms with Crippen LogP contribution in [0.4, 0.5) is 15.8 Å². The molecule has 0 radical (unpaired) electrons. The molecule has 0 fully saturated rings. The molecule has 4 heteroatoms.